The zero-order valence-corrected chi connectivity index (χ0v) is 12.4. The van der Waals surface area contributed by atoms with Gasteiger partial charge in [0.05, 0.1) is 16.9 Å². The number of hydrogen-bond acceptors (Lipinski definition) is 4. The average Bonchev–Trinajstić information content (AvgIpc) is 2.63. The first kappa shape index (κ1) is 17.2. The van der Waals surface area contributed by atoms with E-state index in [4.69, 9.17) is 5.73 Å². The third kappa shape index (κ3) is 5.14. The molecule has 100 valence electrons. The molecule has 17 heavy (non-hydrogen) atoms. The van der Waals surface area contributed by atoms with Crippen LogP contribution >= 0.6 is 39.7 Å². The maximum atomic E-state index is 12.7. The highest BCUT2D eigenvalue weighted by Gasteiger charge is 2.29. The summed E-state index contributed by atoms with van der Waals surface area (Å²) in [5, 5.41) is 0. The van der Waals surface area contributed by atoms with Gasteiger partial charge in [0.25, 0.3) is 5.92 Å². The summed E-state index contributed by atoms with van der Waals surface area (Å²) in [6.07, 6.45) is 0. The molecule has 0 saturated heterocycles. The van der Waals surface area contributed by atoms with Crippen LogP contribution in [0.25, 0.3) is 0 Å². The number of rotatable bonds is 5. The van der Waals surface area contributed by atoms with Crippen LogP contribution in [-0.4, -0.2) is 27.4 Å². The monoisotopic (exact) mass is 370 g/mol. The van der Waals surface area contributed by atoms with Crippen LogP contribution in [0.2, 0.25) is 0 Å². The average molecular weight is 372 g/mol. The second kappa shape index (κ2) is 6.39. The van der Waals surface area contributed by atoms with E-state index in [1.165, 1.54) is 12.1 Å². The highest BCUT2D eigenvalue weighted by molar-refractivity contribution is 9.11. The Kier molecular flexibility index (Phi) is 6.47. The molecule has 0 amide bonds. The number of halogens is 4. The van der Waals surface area contributed by atoms with Crippen molar-refractivity contribution in [2.75, 3.05) is 13.1 Å². The summed E-state index contributed by atoms with van der Waals surface area (Å²) in [5.41, 5.74) is 4.79. The Labute approximate surface area is 116 Å². The quantitative estimate of drug-likeness (QED) is 0.829. The van der Waals surface area contributed by atoms with Gasteiger partial charge in [-0.25, -0.2) is 21.9 Å². The van der Waals surface area contributed by atoms with Crippen LogP contribution in [0.5, 0.6) is 0 Å². The summed E-state index contributed by atoms with van der Waals surface area (Å²) < 4.78 is 50.9. The molecule has 0 radical (unpaired) electrons. The van der Waals surface area contributed by atoms with Gasteiger partial charge in [0, 0.05) is 0 Å². The minimum absolute atomic E-state index is 0. The van der Waals surface area contributed by atoms with Gasteiger partial charge in [0.15, 0.2) is 0 Å². The van der Waals surface area contributed by atoms with E-state index in [9.17, 15) is 17.2 Å². The van der Waals surface area contributed by atoms with Gasteiger partial charge in [-0.05, 0) is 28.1 Å². The SMILES string of the molecule is Cl.NCC(F)(F)CNS(=O)(=O)c1ccc(Br)s1. The minimum atomic E-state index is -3.88. The second-order valence-electron chi connectivity index (χ2n) is 2.94. The molecule has 0 bridgehead atoms. The summed E-state index contributed by atoms with van der Waals surface area (Å²) in [4.78, 5) is 0. The molecule has 3 N–H and O–H groups in total. The van der Waals surface area contributed by atoms with Crippen molar-refractivity contribution in [2.45, 2.75) is 10.1 Å². The van der Waals surface area contributed by atoms with Gasteiger partial charge in [-0.3, -0.25) is 0 Å². The predicted molar refractivity (Wildman–Crippen MR) is 68.5 cm³/mol. The van der Waals surface area contributed by atoms with Gasteiger partial charge in [0.1, 0.15) is 4.21 Å². The van der Waals surface area contributed by atoms with Gasteiger partial charge in [-0.1, -0.05) is 0 Å². The lowest BCUT2D eigenvalue weighted by atomic mass is 10.3. The second-order valence-corrected chi connectivity index (χ2v) is 7.40. The van der Waals surface area contributed by atoms with Crippen molar-refractivity contribution in [3.8, 4) is 0 Å². The minimum Gasteiger partial charge on any atom is -0.325 e. The molecule has 0 aromatic carbocycles. The molecular weight excluding hydrogens is 362 g/mol. The van der Waals surface area contributed by atoms with Crippen molar-refractivity contribution in [2.24, 2.45) is 5.73 Å². The fourth-order valence-corrected chi connectivity index (χ4v) is 3.90. The van der Waals surface area contributed by atoms with Crippen LogP contribution in [0.3, 0.4) is 0 Å². The predicted octanol–water partition coefficient (Wildman–Crippen LogP) is 1.80. The Morgan fingerprint density at radius 3 is 2.47 bits per heavy atom. The maximum absolute atomic E-state index is 12.7. The summed E-state index contributed by atoms with van der Waals surface area (Å²) >= 11 is 4.03. The van der Waals surface area contributed by atoms with Gasteiger partial charge in [-0.15, -0.1) is 23.7 Å². The summed E-state index contributed by atoms with van der Waals surface area (Å²) in [7, 11) is -3.88. The summed E-state index contributed by atoms with van der Waals surface area (Å²) in [6, 6.07) is 2.86. The topological polar surface area (TPSA) is 72.2 Å². The molecule has 0 aliphatic rings. The van der Waals surface area contributed by atoms with Gasteiger partial charge in [0.2, 0.25) is 10.0 Å². The van der Waals surface area contributed by atoms with Crippen LogP contribution < -0.4 is 10.5 Å². The van der Waals surface area contributed by atoms with E-state index < -0.39 is 29.0 Å². The molecule has 0 unspecified atom stereocenters. The molecule has 0 fully saturated rings. The molecule has 10 heteroatoms. The van der Waals surface area contributed by atoms with E-state index >= 15 is 0 Å². The molecule has 1 rings (SSSR count). The van der Waals surface area contributed by atoms with E-state index in [1.54, 1.807) is 0 Å². The van der Waals surface area contributed by atoms with Crippen LogP contribution in [0, 0.1) is 0 Å². The normalized spacial score (nSPS) is 12.2. The van der Waals surface area contributed by atoms with Crippen molar-refractivity contribution in [1.29, 1.82) is 0 Å². The van der Waals surface area contributed by atoms with E-state index in [-0.39, 0.29) is 16.6 Å². The van der Waals surface area contributed by atoms with Crippen molar-refractivity contribution < 1.29 is 17.2 Å². The van der Waals surface area contributed by atoms with Crippen molar-refractivity contribution >= 4 is 49.7 Å². The Hall–Kier alpha value is 0.200. The smallest absolute Gasteiger partial charge is 0.273 e. The molecule has 4 nitrogen and oxygen atoms in total. The molecule has 0 aliphatic carbocycles. The number of nitrogens with one attached hydrogen (secondary N) is 1. The highest BCUT2D eigenvalue weighted by atomic mass is 79.9. The molecule has 1 aromatic heterocycles. The lowest BCUT2D eigenvalue weighted by Gasteiger charge is -2.13. The molecule has 1 heterocycles. The van der Waals surface area contributed by atoms with Gasteiger partial charge < -0.3 is 5.73 Å². The lowest BCUT2D eigenvalue weighted by Crippen LogP contribution is -2.41. The van der Waals surface area contributed by atoms with Crippen molar-refractivity contribution in [1.82, 2.24) is 4.72 Å². The zero-order chi connectivity index (χ0) is 12.4. The zero-order valence-electron chi connectivity index (χ0n) is 8.32. The molecule has 0 spiro atoms. The van der Waals surface area contributed by atoms with Gasteiger partial charge in [-0.2, -0.15) is 0 Å². The summed E-state index contributed by atoms with van der Waals surface area (Å²) in [6.45, 7) is -1.90. The van der Waals surface area contributed by atoms with Crippen LogP contribution in [-0.2, 0) is 10.0 Å². The van der Waals surface area contributed by atoms with Crippen molar-refractivity contribution in [3.05, 3.63) is 15.9 Å². The first-order valence-corrected chi connectivity index (χ1v) is 7.19. The van der Waals surface area contributed by atoms with Crippen LogP contribution in [0.4, 0.5) is 8.78 Å². The number of nitrogens with two attached hydrogens (primary N) is 1. The Bertz CT molecular complexity index is 466. The molecular formula is C7H10BrClF2N2O2S2. The van der Waals surface area contributed by atoms with Crippen molar-refractivity contribution in [3.63, 3.8) is 0 Å². The van der Waals surface area contributed by atoms with Gasteiger partial charge >= 0.3 is 0 Å². The number of alkyl halides is 2. The molecule has 0 saturated carbocycles. The fourth-order valence-electron chi connectivity index (χ4n) is 0.786. The van der Waals surface area contributed by atoms with E-state index in [0.29, 0.717) is 3.79 Å². The molecule has 1 aromatic rings. The van der Waals surface area contributed by atoms with Crippen LogP contribution in [0.15, 0.2) is 20.1 Å². The maximum Gasteiger partial charge on any atom is 0.273 e. The van der Waals surface area contributed by atoms with Crippen LogP contribution in [0.1, 0.15) is 0 Å². The largest absolute Gasteiger partial charge is 0.325 e. The summed E-state index contributed by atoms with van der Waals surface area (Å²) in [5.74, 6) is -3.23. The fraction of sp³-hybridized carbons (Fsp3) is 0.429. The standard InChI is InChI=1S/C7H9BrF2N2O2S2.ClH/c8-5-1-2-6(15-5)16(13,14)12-4-7(9,10)3-11;/h1-2,12H,3-4,11H2;1H. The molecule has 0 atom stereocenters. The van der Waals surface area contributed by atoms with E-state index in [1.807, 2.05) is 4.72 Å². The first-order chi connectivity index (χ1) is 7.27. The Morgan fingerprint density at radius 1 is 1.47 bits per heavy atom. The van der Waals surface area contributed by atoms with E-state index in [2.05, 4.69) is 15.9 Å². The number of sulfonamides is 1. The first-order valence-electron chi connectivity index (χ1n) is 4.10. The molecule has 0 aliphatic heterocycles. The number of thiophene rings is 1. The third-order valence-corrected chi connectivity index (χ3v) is 5.15. The Morgan fingerprint density at radius 2 is 2.06 bits per heavy atom. The highest BCUT2D eigenvalue weighted by Crippen LogP contribution is 2.26. The lowest BCUT2D eigenvalue weighted by molar-refractivity contribution is 0.0170. The Balaban J connectivity index is 0.00000256. The van der Waals surface area contributed by atoms with E-state index in [0.717, 1.165) is 11.3 Å². The number of hydrogen-bond donors (Lipinski definition) is 2. The third-order valence-electron chi connectivity index (χ3n) is 1.63.